The normalized spacial score (nSPS) is 24.9. The van der Waals surface area contributed by atoms with E-state index in [1.165, 1.54) is 4.90 Å². The SMILES string of the molecule is CC1(C(=O)O)CCN(C(=O)CCS(C)(=O)=O)C1. The molecule has 1 rings (SSSR count). The van der Waals surface area contributed by atoms with Crippen LogP contribution < -0.4 is 0 Å². The first-order valence-corrected chi connectivity index (χ1v) is 7.39. The van der Waals surface area contributed by atoms with Gasteiger partial charge in [-0.25, -0.2) is 8.42 Å². The van der Waals surface area contributed by atoms with Crippen LogP contribution in [0, 0.1) is 5.41 Å². The number of rotatable bonds is 4. The van der Waals surface area contributed by atoms with Gasteiger partial charge in [-0.1, -0.05) is 0 Å². The van der Waals surface area contributed by atoms with E-state index in [1.54, 1.807) is 6.92 Å². The van der Waals surface area contributed by atoms with Gasteiger partial charge in [-0.3, -0.25) is 9.59 Å². The Bertz CT molecular complexity index is 430. The van der Waals surface area contributed by atoms with E-state index in [9.17, 15) is 18.0 Å². The van der Waals surface area contributed by atoms with Gasteiger partial charge in [-0.15, -0.1) is 0 Å². The molecule has 7 heteroatoms. The zero-order valence-corrected chi connectivity index (χ0v) is 10.8. The van der Waals surface area contributed by atoms with Crippen molar-refractivity contribution in [3.8, 4) is 0 Å². The molecular weight excluding hydrogens is 246 g/mol. The molecule has 1 atom stereocenters. The fraction of sp³-hybridized carbons (Fsp3) is 0.800. The Morgan fingerprint density at radius 3 is 2.41 bits per heavy atom. The van der Waals surface area contributed by atoms with Crippen molar-refractivity contribution in [1.82, 2.24) is 4.90 Å². The zero-order chi connectivity index (χ0) is 13.3. The first-order chi connectivity index (χ1) is 7.64. The molecule has 0 aromatic heterocycles. The Morgan fingerprint density at radius 1 is 1.41 bits per heavy atom. The number of carboxylic acid groups (broad SMARTS) is 1. The van der Waals surface area contributed by atoms with Crippen LogP contribution in [0.4, 0.5) is 0 Å². The van der Waals surface area contributed by atoms with Crippen molar-refractivity contribution in [2.24, 2.45) is 5.41 Å². The summed E-state index contributed by atoms with van der Waals surface area (Å²) in [5.41, 5.74) is -0.902. The number of amides is 1. The van der Waals surface area contributed by atoms with E-state index in [4.69, 9.17) is 5.11 Å². The molecule has 0 bridgehead atoms. The van der Waals surface area contributed by atoms with Crippen molar-refractivity contribution in [1.29, 1.82) is 0 Å². The summed E-state index contributed by atoms with van der Waals surface area (Å²) in [6.07, 6.45) is 1.41. The van der Waals surface area contributed by atoms with E-state index >= 15 is 0 Å². The molecular formula is C10H17NO5S. The van der Waals surface area contributed by atoms with Crippen LogP contribution in [0.15, 0.2) is 0 Å². The van der Waals surface area contributed by atoms with Crippen LogP contribution in [0.3, 0.4) is 0 Å². The number of hydrogen-bond acceptors (Lipinski definition) is 4. The molecule has 0 aromatic rings. The molecule has 0 spiro atoms. The first-order valence-electron chi connectivity index (χ1n) is 5.33. The second-order valence-electron chi connectivity index (χ2n) is 4.81. The maximum Gasteiger partial charge on any atom is 0.311 e. The average molecular weight is 263 g/mol. The molecule has 0 aromatic carbocycles. The average Bonchev–Trinajstić information content (AvgIpc) is 2.58. The molecule has 1 amide bonds. The lowest BCUT2D eigenvalue weighted by atomic mass is 9.90. The molecule has 1 fully saturated rings. The Balaban J connectivity index is 2.55. The molecule has 0 radical (unpaired) electrons. The second kappa shape index (κ2) is 4.64. The summed E-state index contributed by atoms with van der Waals surface area (Å²) in [6.45, 7) is 2.13. The molecule has 1 N–H and O–H groups in total. The fourth-order valence-corrected chi connectivity index (χ4v) is 2.32. The number of carbonyl (C=O) groups is 2. The van der Waals surface area contributed by atoms with E-state index < -0.39 is 21.2 Å². The summed E-state index contributed by atoms with van der Waals surface area (Å²) in [4.78, 5) is 24.1. The Hall–Kier alpha value is -1.11. The predicted octanol–water partition coefficient (Wildman–Crippen LogP) is -0.256. The summed E-state index contributed by atoms with van der Waals surface area (Å²) < 4.78 is 21.8. The fourth-order valence-electron chi connectivity index (χ4n) is 1.78. The van der Waals surface area contributed by atoms with Crippen molar-refractivity contribution >= 4 is 21.7 Å². The van der Waals surface area contributed by atoms with Crippen molar-refractivity contribution in [2.45, 2.75) is 19.8 Å². The lowest BCUT2D eigenvalue weighted by Crippen LogP contribution is -2.35. The molecule has 1 heterocycles. The summed E-state index contributed by atoms with van der Waals surface area (Å²) >= 11 is 0. The number of sulfone groups is 1. The van der Waals surface area contributed by atoms with Crippen LogP contribution in [0.5, 0.6) is 0 Å². The molecule has 0 saturated carbocycles. The monoisotopic (exact) mass is 263 g/mol. The first kappa shape index (κ1) is 14.0. The van der Waals surface area contributed by atoms with Gasteiger partial charge in [-0.05, 0) is 13.3 Å². The molecule has 1 saturated heterocycles. The summed E-state index contributed by atoms with van der Waals surface area (Å²) in [5, 5.41) is 9.00. The Labute approximate surface area is 101 Å². The van der Waals surface area contributed by atoms with Crippen molar-refractivity contribution in [2.75, 3.05) is 25.1 Å². The van der Waals surface area contributed by atoms with E-state index in [2.05, 4.69) is 0 Å². The number of carboxylic acids is 1. The highest BCUT2D eigenvalue weighted by Gasteiger charge is 2.41. The minimum atomic E-state index is -3.16. The minimum Gasteiger partial charge on any atom is -0.481 e. The molecule has 1 unspecified atom stereocenters. The van der Waals surface area contributed by atoms with Crippen LogP contribution in [-0.4, -0.2) is 55.4 Å². The van der Waals surface area contributed by atoms with Gasteiger partial charge < -0.3 is 10.0 Å². The second-order valence-corrected chi connectivity index (χ2v) is 7.07. The van der Waals surface area contributed by atoms with Gasteiger partial charge in [0.15, 0.2) is 0 Å². The highest BCUT2D eigenvalue weighted by atomic mass is 32.2. The lowest BCUT2D eigenvalue weighted by Gasteiger charge is -2.20. The maximum atomic E-state index is 11.7. The molecule has 98 valence electrons. The Kier molecular flexibility index (Phi) is 3.81. The van der Waals surface area contributed by atoms with Gasteiger partial charge >= 0.3 is 5.97 Å². The van der Waals surface area contributed by atoms with Gasteiger partial charge in [0, 0.05) is 25.8 Å². The van der Waals surface area contributed by atoms with Crippen molar-refractivity contribution in [3.05, 3.63) is 0 Å². The number of hydrogen-bond donors (Lipinski definition) is 1. The number of likely N-dealkylation sites (tertiary alicyclic amines) is 1. The smallest absolute Gasteiger partial charge is 0.311 e. The van der Waals surface area contributed by atoms with Crippen LogP contribution in [0.25, 0.3) is 0 Å². The maximum absolute atomic E-state index is 11.7. The number of nitrogens with zero attached hydrogens (tertiary/aromatic N) is 1. The quantitative estimate of drug-likeness (QED) is 0.754. The van der Waals surface area contributed by atoms with E-state index in [1.807, 2.05) is 0 Å². The third-order valence-corrected chi connectivity index (χ3v) is 3.97. The van der Waals surface area contributed by atoms with Crippen molar-refractivity contribution in [3.63, 3.8) is 0 Å². The Morgan fingerprint density at radius 2 is 2.00 bits per heavy atom. The molecule has 0 aliphatic carbocycles. The van der Waals surface area contributed by atoms with Crippen LogP contribution in [0.1, 0.15) is 19.8 Å². The number of aliphatic carboxylic acids is 1. The van der Waals surface area contributed by atoms with Gasteiger partial charge in [0.2, 0.25) is 5.91 Å². The molecule has 1 aliphatic heterocycles. The predicted molar refractivity (Wildman–Crippen MR) is 61.3 cm³/mol. The van der Waals surface area contributed by atoms with E-state index in [0.717, 1.165) is 6.26 Å². The van der Waals surface area contributed by atoms with Crippen LogP contribution in [-0.2, 0) is 19.4 Å². The topological polar surface area (TPSA) is 91.8 Å². The molecule has 17 heavy (non-hydrogen) atoms. The third-order valence-electron chi connectivity index (χ3n) is 3.03. The highest BCUT2D eigenvalue weighted by molar-refractivity contribution is 7.90. The van der Waals surface area contributed by atoms with Crippen LogP contribution in [0.2, 0.25) is 0 Å². The lowest BCUT2D eigenvalue weighted by molar-refractivity contribution is -0.147. The summed E-state index contributed by atoms with van der Waals surface area (Å²) in [6, 6.07) is 0. The molecule has 1 aliphatic rings. The van der Waals surface area contributed by atoms with Gasteiger partial charge in [0.25, 0.3) is 0 Å². The van der Waals surface area contributed by atoms with Crippen molar-refractivity contribution < 1.29 is 23.1 Å². The summed E-state index contributed by atoms with van der Waals surface area (Å²) in [7, 11) is -3.16. The standard InChI is InChI=1S/C10H17NO5S/c1-10(9(13)14)4-5-11(7-10)8(12)3-6-17(2,15)16/h3-7H2,1-2H3,(H,13,14). The number of carbonyl (C=O) groups excluding carboxylic acids is 1. The van der Waals surface area contributed by atoms with E-state index in [0.29, 0.717) is 13.0 Å². The van der Waals surface area contributed by atoms with E-state index in [-0.39, 0.29) is 24.6 Å². The molecule has 6 nitrogen and oxygen atoms in total. The summed E-state index contributed by atoms with van der Waals surface area (Å²) in [5.74, 6) is -1.40. The van der Waals surface area contributed by atoms with Gasteiger partial charge in [-0.2, -0.15) is 0 Å². The van der Waals surface area contributed by atoms with Gasteiger partial charge in [0.1, 0.15) is 9.84 Å². The minimum absolute atomic E-state index is 0.0749. The third kappa shape index (κ3) is 3.69. The zero-order valence-electron chi connectivity index (χ0n) is 9.97. The largest absolute Gasteiger partial charge is 0.481 e. The highest BCUT2D eigenvalue weighted by Crippen LogP contribution is 2.30. The van der Waals surface area contributed by atoms with Gasteiger partial charge in [0.05, 0.1) is 11.2 Å². The van der Waals surface area contributed by atoms with Crippen LogP contribution >= 0.6 is 0 Å².